The second-order valence-corrected chi connectivity index (χ2v) is 3.69. The number of halogens is 1. The average molecular weight is 250 g/mol. The summed E-state index contributed by atoms with van der Waals surface area (Å²) in [6.07, 6.45) is 0. The van der Waals surface area contributed by atoms with Gasteiger partial charge in [0.2, 0.25) is 0 Å². The van der Waals surface area contributed by atoms with Crippen LogP contribution >= 0.6 is 11.6 Å². The monoisotopic (exact) mass is 249 g/mol. The lowest BCUT2D eigenvalue weighted by Gasteiger charge is -2.06. The van der Waals surface area contributed by atoms with E-state index in [-0.39, 0.29) is 10.7 Å². The van der Waals surface area contributed by atoms with Crippen LogP contribution in [0.15, 0.2) is 48.5 Å². The van der Waals surface area contributed by atoms with E-state index in [1.165, 1.54) is 18.2 Å². The second-order valence-electron chi connectivity index (χ2n) is 3.29. The van der Waals surface area contributed by atoms with Crippen LogP contribution in [0, 0.1) is 10.1 Å². The molecule has 2 aromatic carbocycles. The van der Waals surface area contributed by atoms with Gasteiger partial charge in [-0.1, -0.05) is 29.8 Å². The number of non-ortho nitro benzene ring substituents is 1. The first-order valence-electron chi connectivity index (χ1n) is 4.83. The zero-order valence-electron chi connectivity index (χ0n) is 8.67. The van der Waals surface area contributed by atoms with Gasteiger partial charge < -0.3 is 4.74 Å². The molecule has 0 saturated heterocycles. The maximum atomic E-state index is 10.5. The molecule has 0 spiro atoms. The molecule has 0 amide bonds. The van der Waals surface area contributed by atoms with Crippen molar-refractivity contribution in [3.8, 4) is 11.5 Å². The van der Waals surface area contributed by atoms with Crippen LogP contribution in [0.5, 0.6) is 11.5 Å². The Kier molecular flexibility index (Phi) is 3.25. The van der Waals surface area contributed by atoms with Gasteiger partial charge in [0.15, 0.2) is 0 Å². The minimum absolute atomic E-state index is 0.0598. The molecule has 0 bridgehead atoms. The van der Waals surface area contributed by atoms with Crippen molar-refractivity contribution in [1.82, 2.24) is 0 Å². The van der Waals surface area contributed by atoms with E-state index in [0.717, 1.165) is 0 Å². The molecule has 0 fully saturated rings. The van der Waals surface area contributed by atoms with E-state index in [9.17, 15) is 10.1 Å². The largest absolute Gasteiger partial charge is 0.456 e. The Bertz CT molecular complexity index is 543. The molecule has 4 nitrogen and oxygen atoms in total. The van der Waals surface area contributed by atoms with E-state index >= 15 is 0 Å². The number of para-hydroxylation sites is 1. The number of hydrogen-bond acceptors (Lipinski definition) is 3. The lowest BCUT2D eigenvalue weighted by Crippen LogP contribution is -1.89. The first kappa shape index (κ1) is 11.4. The van der Waals surface area contributed by atoms with Crippen molar-refractivity contribution in [2.24, 2.45) is 0 Å². The van der Waals surface area contributed by atoms with Crippen molar-refractivity contribution in [1.29, 1.82) is 0 Å². The van der Waals surface area contributed by atoms with Gasteiger partial charge in [0.05, 0.1) is 9.95 Å². The Labute approximate surface area is 103 Å². The molecule has 0 saturated carbocycles. The zero-order chi connectivity index (χ0) is 12.3. The maximum absolute atomic E-state index is 10.5. The van der Waals surface area contributed by atoms with Crippen LogP contribution in [0.25, 0.3) is 0 Å². The van der Waals surface area contributed by atoms with Crippen LogP contribution in [0.2, 0.25) is 5.02 Å². The Morgan fingerprint density at radius 1 is 1.12 bits per heavy atom. The fraction of sp³-hybridized carbons (Fsp3) is 0. The number of nitro groups is 1. The zero-order valence-corrected chi connectivity index (χ0v) is 9.42. The molecule has 0 aliphatic carbocycles. The maximum Gasteiger partial charge on any atom is 0.271 e. The molecule has 0 aliphatic heterocycles. The van der Waals surface area contributed by atoms with Gasteiger partial charge in [-0.25, -0.2) is 0 Å². The third kappa shape index (κ3) is 2.73. The Balaban J connectivity index is 2.26. The molecule has 0 aliphatic rings. The SMILES string of the molecule is O=[N+]([O-])c1ccc(Oc2ccccc2)c(Cl)c1. The predicted octanol–water partition coefficient (Wildman–Crippen LogP) is 4.04. The summed E-state index contributed by atoms with van der Waals surface area (Å²) in [6, 6.07) is 13.2. The van der Waals surface area contributed by atoms with Crippen LogP contribution in [-0.4, -0.2) is 4.92 Å². The molecule has 0 aromatic heterocycles. The van der Waals surface area contributed by atoms with E-state index in [0.29, 0.717) is 11.5 Å². The van der Waals surface area contributed by atoms with Crippen molar-refractivity contribution >= 4 is 17.3 Å². The number of ether oxygens (including phenoxy) is 1. The fourth-order valence-corrected chi connectivity index (χ4v) is 1.51. The van der Waals surface area contributed by atoms with Gasteiger partial charge in [-0.15, -0.1) is 0 Å². The van der Waals surface area contributed by atoms with E-state index in [4.69, 9.17) is 16.3 Å². The summed E-state index contributed by atoms with van der Waals surface area (Å²) >= 11 is 5.89. The average Bonchev–Trinajstić information content (AvgIpc) is 2.33. The predicted molar refractivity (Wildman–Crippen MR) is 64.6 cm³/mol. The molecular weight excluding hydrogens is 242 g/mol. The molecule has 2 rings (SSSR count). The second kappa shape index (κ2) is 4.84. The van der Waals surface area contributed by atoms with Gasteiger partial charge in [0, 0.05) is 12.1 Å². The van der Waals surface area contributed by atoms with Crippen molar-refractivity contribution < 1.29 is 9.66 Å². The third-order valence-corrected chi connectivity index (χ3v) is 2.39. The summed E-state index contributed by atoms with van der Waals surface area (Å²) in [5.74, 6) is 1.02. The summed E-state index contributed by atoms with van der Waals surface area (Å²) in [6.45, 7) is 0. The van der Waals surface area contributed by atoms with E-state index in [1.54, 1.807) is 12.1 Å². The van der Waals surface area contributed by atoms with Crippen molar-refractivity contribution in [3.63, 3.8) is 0 Å². The molecule has 17 heavy (non-hydrogen) atoms. The molecule has 0 atom stereocenters. The molecule has 0 N–H and O–H groups in total. The smallest absolute Gasteiger partial charge is 0.271 e. The van der Waals surface area contributed by atoms with Crippen molar-refractivity contribution in [2.75, 3.05) is 0 Å². The molecule has 86 valence electrons. The van der Waals surface area contributed by atoms with Gasteiger partial charge in [-0.05, 0) is 18.2 Å². The normalized spacial score (nSPS) is 9.94. The molecule has 0 heterocycles. The van der Waals surface area contributed by atoms with Gasteiger partial charge >= 0.3 is 0 Å². The highest BCUT2D eigenvalue weighted by Gasteiger charge is 2.10. The molecule has 0 unspecified atom stereocenters. The van der Waals surface area contributed by atoms with Crippen LogP contribution in [0.1, 0.15) is 0 Å². The minimum atomic E-state index is -0.502. The van der Waals surface area contributed by atoms with Gasteiger partial charge in [0.1, 0.15) is 11.5 Å². The summed E-state index contributed by atoms with van der Waals surface area (Å²) in [4.78, 5) is 10.0. The number of nitrogens with zero attached hydrogens (tertiary/aromatic N) is 1. The Morgan fingerprint density at radius 2 is 1.82 bits per heavy atom. The van der Waals surface area contributed by atoms with E-state index in [2.05, 4.69) is 0 Å². The summed E-state index contributed by atoms with van der Waals surface area (Å²) in [5.41, 5.74) is -0.0598. The van der Waals surface area contributed by atoms with Crippen LogP contribution in [0.3, 0.4) is 0 Å². The first-order chi connectivity index (χ1) is 8.16. The summed E-state index contributed by atoms with van der Waals surface area (Å²) < 4.78 is 5.49. The lowest BCUT2D eigenvalue weighted by atomic mass is 10.3. The van der Waals surface area contributed by atoms with E-state index < -0.39 is 4.92 Å². The molecule has 5 heteroatoms. The van der Waals surface area contributed by atoms with Crippen LogP contribution < -0.4 is 4.74 Å². The number of hydrogen-bond donors (Lipinski definition) is 0. The Hall–Kier alpha value is -2.07. The van der Waals surface area contributed by atoms with Crippen molar-refractivity contribution in [2.45, 2.75) is 0 Å². The minimum Gasteiger partial charge on any atom is -0.456 e. The lowest BCUT2D eigenvalue weighted by molar-refractivity contribution is -0.384. The summed E-state index contributed by atoms with van der Waals surface area (Å²) in [5, 5.41) is 10.7. The number of rotatable bonds is 3. The standard InChI is InChI=1S/C12H8ClNO3/c13-11-8-9(14(15)16)6-7-12(11)17-10-4-2-1-3-5-10/h1-8H. The first-order valence-corrected chi connectivity index (χ1v) is 5.21. The topological polar surface area (TPSA) is 52.4 Å². The van der Waals surface area contributed by atoms with Gasteiger partial charge in [-0.2, -0.15) is 0 Å². The number of nitro benzene ring substituents is 1. The van der Waals surface area contributed by atoms with E-state index in [1.807, 2.05) is 18.2 Å². The highest BCUT2D eigenvalue weighted by Crippen LogP contribution is 2.32. The Morgan fingerprint density at radius 3 is 2.41 bits per heavy atom. The summed E-state index contributed by atoms with van der Waals surface area (Å²) in [7, 11) is 0. The van der Waals surface area contributed by atoms with Gasteiger partial charge in [-0.3, -0.25) is 10.1 Å². The molecule has 0 radical (unpaired) electrons. The third-order valence-electron chi connectivity index (χ3n) is 2.10. The fourth-order valence-electron chi connectivity index (χ4n) is 1.30. The molecular formula is C12H8ClNO3. The highest BCUT2D eigenvalue weighted by atomic mass is 35.5. The van der Waals surface area contributed by atoms with Crippen LogP contribution in [-0.2, 0) is 0 Å². The van der Waals surface area contributed by atoms with Crippen molar-refractivity contribution in [3.05, 3.63) is 63.7 Å². The van der Waals surface area contributed by atoms with Gasteiger partial charge in [0.25, 0.3) is 5.69 Å². The van der Waals surface area contributed by atoms with Crippen LogP contribution in [0.4, 0.5) is 5.69 Å². The quantitative estimate of drug-likeness (QED) is 0.609. The molecule has 2 aromatic rings. The highest BCUT2D eigenvalue weighted by molar-refractivity contribution is 6.32. The number of benzene rings is 2.